The predicted molar refractivity (Wildman–Crippen MR) is 142 cm³/mol. The van der Waals surface area contributed by atoms with Crippen molar-refractivity contribution in [2.45, 2.75) is 19.0 Å². The topological polar surface area (TPSA) is 256 Å². The SMILES string of the molecule is C[C@H]1[C@H](NC(=O)/C(=N\OCCOc2ccc(C(=N)N)cc2N)c2csc(N)n2)C(=O)N1S(C)(C)(O)(O)O. The van der Waals surface area contributed by atoms with Crippen LogP contribution in [-0.2, 0) is 14.4 Å². The van der Waals surface area contributed by atoms with Crippen LogP contribution in [0.1, 0.15) is 18.2 Å². The number of anilines is 2. The van der Waals surface area contributed by atoms with Crippen LogP contribution < -0.4 is 27.3 Å². The molecule has 0 radical (unpaired) electrons. The average Bonchev–Trinajstić information content (AvgIpc) is 3.19. The lowest BCUT2D eigenvalue weighted by atomic mass is 10.0. The normalized spacial score (nSPS) is 19.9. The molecule has 0 spiro atoms. The molecule has 0 saturated carbocycles. The van der Waals surface area contributed by atoms with Crippen molar-refractivity contribution in [1.82, 2.24) is 14.6 Å². The number of carbonyl (C=O) groups is 2. The van der Waals surface area contributed by atoms with Crippen molar-refractivity contribution in [2.75, 3.05) is 37.2 Å². The van der Waals surface area contributed by atoms with E-state index in [9.17, 15) is 23.2 Å². The first kappa shape index (κ1) is 27.9. The molecule has 1 fully saturated rings. The molecule has 2 heterocycles. The number of nitrogens with one attached hydrogen (secondary N) is 2. The number of amidine groups is 1. The summed E-state index contributed by atoms with van der Waals surface area (Å²) in [5.41, 5.74) is 17.5. The Labute approximate surface area is 215 Å². The second-order valence-corrected chi connectivity index (χ2v) is 15.1. The van der Waals surface area contributed by atoms with Crippen LogP contribution in [0.5, 0.6) is 5.75 Å². The van der Waals surface area contributed by atoms with Gasteiger partial charge in [0.05, 0.1) is 11.7 Å². The smallest absolute Gasteiger partial charge is 0.276 e. The van der Waals surface area contributed by atoms with Gasteiger partial charge in [-0.2, -0.15) is 0 Å². The number of β-lactam (4-membered cyclic amide) rings is 1. The maximum absolute atomic E-state index is 13.0. The van der Waals surface area contributed by atoms with Gasteiger partial charge in [-0.25, -0.2) is 4.98 Å². The number of rotatable bonds is 10. The Morgan fingerprint density at radius 3 is 2.49 bits per heavy atom. The Hall–Kier alpha value is -3.64. The Morgan fingerprint density at radius 2 is 1.97 bits per heavy atom. The van der Waals surface area contributed by atoms with E-state index in [0.717, 1.165) is 23.8 Å². The third-order valence-corrected chi connectivity index (χ3v) is 7.67. The molecule has 1 aliphatic rings. The molecule has 1 saturated heterocycles. The van der Waals surface area contributed by atoms with Crippen molar-refractivity contribution in [3.63, 3.8) is 0 Å². The number of hydrogen-bond donors (Lipinski definition) is 8. The number of aromatic nitrogens is 1. The van der Waals surface area contributed by atoms with Gasteiger partial charge in [0.2, 0.25) is 0 Å². The highest BCUT2D eigenvalue weighted by molar-refractivity contribution is 8.49. The van der Waals surface area contributed by atoms with E-state index < -0.39 is 33.2 Å². The van der Waals surface area contributed by atoms with E-state index in [4.69, 9.17) is 32.2 Å². The van der Waals surface area contributed by atoms with Crippen LogP contribution in [0, 0.1) is 5.41 Å². The maximum atomic E-state index is 13.0. The van der Waals surface area contributed by atoms with Gasteiger partial charge in [0, 0.05) is 23.5 Å². The summed E-state index contributed by atoms with van der Waals surface area (Å²) in [7, 11) is -5.76. The zero-order valence-electron chi connectivity index (χ0n) is 20.2. The van der Waals surface area contributed by atoms with Crippen molar-refractivity contribution in [3.8, 4) is 5.75 Å². The lowest BCUT2D eigenvalue weighted by Crippen LogP contribution is -2.75. The molecular formula is C20H30N8O7S2. The molecule has 11 N–H and O–H groups in total. The van der Waals surface area contributed by atoms with Gasteiger partial charge in [-0.15, -0.1) is 11.3 Å². The standard InChI is InChI=1S/C20H30N8O7S2/c1-10-15(19(30)28(10)37(2,3,31,32)33)26-18(29)16(13-9-36-20(24)25-13)27-35-7-6-34-14-5-4-11(17(22)23)8-12(14)21/h4-5,8-10,15,31-33H,6-7,21H2,1-3H3,(H3,22,23)(H2,24,25)(H,26,29)/b27-16-/t10-,15-/m0/s1. The van der Waals surface area contributed by atoms with Crippen LogP contribution in [0.25, 0.3) is 0 Å². The van der Waals surface area contributed by atoms with Crippen LogP contribution in [0.4, 0.5) is 10.8 Å². The van der Waals surface area contributed by atoms with Crippen molar-refractivity contribution in [1.29, 1.82) is 5.41 Å². The van der Waals surface area contributed by atoms with Crippen LogP contribution in [-0.4, -0.2) is 84.1 Å². The molecule has 17 heteroatoms. The summed E-state index contributed by atoms with van der Waals surface area (Å²) in [6.07, 6.45) is 1.52. The summed E-state index contributed by atoms with van der Waals surface area (Å²) >= 11 is 1.06. The summed E-state index contributed by atoms with van der Waals surface area (Å²) in [5.74, 6) is -1.53. The number of nitrogen functional groups attached to an aromatic ring is 3. The Kier molecular flexibility index (Phi) is 6.82. The molecule has 0 unspecified atom stereocenters. The van der Waals surface area contributed by atoms with Crippen LogP contribution in [0.2, 0.25) is 0 Å². The molecule has 1 aliphatic heterocycles. The van der Waals surface area contributed by atoms with Gasteiger partial charge in [-0.3, -0.25) is 19.3 Å². The highest BCUT2D eigenvalue weighted by atomic mass is 32.4. The average molecular weight is 559 g/mol. The van der Waals surface area contributed by atoms with Gasteiger partial charge in [0.25, 0.3) is 11.8 Å². The van der Waals surface area contributed by atoms with E-state index in [0.29, 0.717) is 15.6 Å². The fourth-order valence-electron chi connectivity index (χ4n) is 3.59. The minimum atomic E-state index is -5.76. The summed E-state index contributed by atoms with van der Waals surface area (Å²) in [4.78, 5) is 34.8. The lowest BCUT2D eigenvalue weighted by Gasteiger charge is -2.73. The quantitative estimate of drug-likeness (QED) is 0.0499. The van der Waals surface area contributed by atoms with Crippen LogP contribution in [0.3, 0.4) is 0 Å². The Bertz CT molecular complexity index is 1280. The van der Waals surface area contributed by atoms with Crippen molar-refractivity contribution in [2.24, 2.45) is 10.9 Å². The molecule has 2 aromatic rings. The van der Waals surface area contributed by atoms with E-state index in [2.05, 4.69) is 15.5 Å². The molecule has 1 aromatic heterocycles. The van der Waals surface area contributed by atoms with Crippen LogP contribution in [0.15, 0.2) is 28.7 Å². The molecule has 37 heavy (non-hydrogen) atoms. The lowest BCUT2D eigenvalue weighted by molar-refractivity contribution is -0.145. The van der Waals surface area contributed by atoms with Gasteiger partial charge in [-0.05, 0) is 34.4 Å². The molecule has 2 amide bonds. The molecule has 0 aliphatic carbocycles. The molecule has 0 bridgehead atoms. The number of oxime groups is 1. The predicted octanol–water partition coefficient (Wildman–Crippen LogP) is 0.576. The number of benzene rings is 1. The van der Waals surface area contributed by atoms with Gasteiger partial charge in [0.15, 0.2) is 17.5 Å². The van der Waals surface area contributed by atoms with Gasteiger partial charge >= 0.3 is 0 Å². The second kappa shape index (κ2) is 9.03. The van der Waals surface area contributed by atoms with Gasteiger partial charge < -0.3 is 45.8 Å². The number of carbonyl (C=O) groups excluding carboxylic acids is 2. The van der Waals surface area contributed by atoms with E-state index in [1.165, 1.54) is 18.4 Å². The molecule has 3 rings (SSSR count). The third-order valence-electron chi connectivity index (χ3n) is 5.17. The molecule has 15 nitrogen and oxygen atoms in total. The number of thiazole rings is 1. The van der Waals surface area contributed by atoms with E-state index in [1.54, 1.807) is 12.1 Å². The minimum Gasteiger partial charge on any atom is -0.488 e. The molecule has 2 atom stereocenters. The van der Waals surface area contributed by atoms with Crippen molar-refractivity contribution in [3.05, 3.63) is 34.8 Å². The second-order valence-electron chi connectivity index (χ2n) is 9.07. The Morgan fingerprint density at radius 1 is 1.30 bits per heavy atom. The zero-order chi connectivity index (χ0) is 27.8. The largest absolute Gasteiger partial charge is 0.488 e. The maximum Gasteiger partial charge on any atom is 0.276 e. The van der Waals surface area contributed by atoms with E-state index in [-0.39, 0.29) is 41.3 Å². The fraction of sp³-hybridized carbons (Fsp3) is 0.350. The van der Waals surface area contributed by atoms with Gasteiger partial charge in [0.1, 0.15) is 29.9 Å². The van der Waals surface area contributed by atoms with Crippen molar-refractivity contribution < 1.29 is 32.8 Å². The van der Waals surface area contributed by atoms with Gasteiger partial charge in [-0.1, -0.05) is 5.16 Å². The number of nitrogens with two attached hydrogens (primary N) is 3. The van der Waals surface area contributed by atoms with Crippen molar-refractivity contribution >= 4 is 54.8 Å². The molecule has 1 aromatic carbocycles. The zero-order valence-corrected chi connectivity index (χ0v) is 21.9. The highest BCUT2D eigenvalue weighted by Crippen LogP contribution is 2.78. The monoisotopic (exact) mass is 558 g/mol. The summed E-state index contributed by atoms with van der Waals surface area (Å²) in [5, 5.41) is 15.3. The fourth-order valence-corrected chi connectivity index (χ4v) is 6.09. The molecular weight excluding hydrogens is 528 g/mol. The summed E-state index contributed by atoms with van der Waals surface area (Å²) in [6.45, 7) is 1.33. The summed E-state index contributed by atoms with van der Waals surface area (Å²) in [6, 6.07) is 2.51. The Balaban J connectivity index is 1.66. The summed E-state index contributed by atoms with van der Waals surface area (Å²) < 4.78 is 36.9. The highest BCUT2D eigenvalue weighted by Gasteiger charge is 2.63. The number of amides is 2. The van der Waals surface area contributed by atoms with E-state index >= 15 is 0 Å². The number of nitrogens with zero attached hydrogens (tertiary/aromatic N) is 3. The first-order valence-corrected chi connectivity index (χ1v) is 14.6. The first-order valence-electron chi connectivity index (χ1n) is 10.6. The molecule has 204 valence electrons. The minimum absolute atomic E-state index is 0.00175. The van der Waals surface area contributed by atoms with Crippen LogP contribution >= 0.6 is 20.7 Å². The number of hydrogen-bond acceptors (Lipinski definition) is 13. The number of ether oxygens (including phenoxy) is 1. The van der Waals surface area contributed by atoms with E-state index in [1.807, 2.05) is 0 Å². The third kappa shape index (κ3) is 6.38. The first-order chi connectivity index (χ1) is 16.9.